The van der Waals surface area contributed by atoms with Crippen LogP contribution in [0.3, 0.4) is 0 Å². The Balaban J connectivity index is 2.12. The van der Waals surface area contributed by atoms with Gasteiger partial charge in [0.1, 0.15) is 5.76 Å². The first-order valence-corrected chi connectivity index (χ1v) is 11.4. The van der Waals surface area contributed by atoms with E-state index in [9.17, 15) is 26.4 Å². The summed E-state index contributed by atoms with van der Waals surface area (Å²) in [5.41, 5.74) is -3.78. The maximum Gasteiger partial charge on any atom is 0.534 e. The quantitative estimate of drug-likeness (QED) is 0.361. The number of carbonyl (C=O) groups is 1. The summed E-state index contributed by atoms with van der Waals surface area (Å²) in [6, 6.07) is 4.41. The fourth-order valence-corrected chi connectivity index (χ4v) is 4.79. The summed E-state index contributed by atoms with van der Waals surface area (Å²) in [6.07, 6.45) is 4.99. The number of fused-ring (bicyclic) bond motifs is 1. The van der Waals surface area contributed by atoms with Gasteiger partial charge in [0, 0.05) is 5.56 Å². The van der Waals surface area contributed by atoms with Crippen molar-refractivity contribution in [2.45, 2.75) is 57.4 Å². The topological polar surface area (TPSA) is 69.7 Å². The van der Waals surface area contributed by atoms with Crippen LogP contribution in [0.2, 0.25) is 0 Å². The van der Waals surface area contributed by atoms with Crippen molar-refractivity contribution in [3.63, 3.8) is 0 Å². The Morgan fingerprint density at radius 3 is 2.37 bits per heavy atom. The van der Waals surface area contributed by atoms with Gasteiger partial charge in [0.25, 0.3) is 0 Å². The van der Waals surface area contributed by atoms with Gasteiger partial charge in [0.15, 0.2) is 0 Å². The molecule has 1 aromatic rings. The third-order valence-corrected chi connectivity index (χ3v) is 6.89. The molecule has 1 aromatic carbocycles. The highest BCUT2D eigenvalue weighted by atomic mass is 32.2. The Morgan fingerprint density at radius 2 is 1.77 bits per heavy atom. The van der Waals surface area contributed by atoms with Gasteiger partial charge < -0.3 is 8.92 Å². The Bertz CT molecular complexity index is 942. The number of carbonyl (C=O) groups excluding carboxylic acids is 1. The van der Waals surface area contributed by atoms with Gasteiger partial charge in [0.2, 0.25) is 0 Å². The molecule has 166 valence electrons. The molecule has 30 heavy (non-hydrogen) atoms. The first kappa shape index (κ1) is 22.7. The van der Waals surface area contributed by atoms with Crippen molar-refractivity contribution < 1.29 is 35.3 Å². The lowest BCUT2D eigenvalue weighted by molar-refractivity contribution is -0.0509. The number of allylic oxidation sites excluding steroid dienone is 1. The molecular weight excluding hydrogens is 421 g/mol. The molecule has 1 fully saturated rings. The van der Waals surface area contributed by atoms with E-state index < -0.39 is 21.6 Å². The van der Waals surface area contributed by atoms with Crippen LogP contribution in [0.4, 0.5) is 13.2 Å². The van der Waals surface area contributed by atoms with Crippen LogP contribution in [-0.2, 0) is 25.5 Å². The molecule has 0 saturated heterocycles. The first-order valence-electron chi connectivity index (χ1n) is 9.99. The number of alkyl halides is 3. The molecule has 0 bridgehead atoms. The zero-order valence-electron chi connectivity index (χ0n) is 16.9. The van der Waals surface area contributed by atoms with Crippen LogP contribution in [0, 0.1) is 11.8 Å². The van der Waals surface area contributed by atoms with Crippen molar-refractivity contribution in [1.29, 1.82) is 0 Å². The molecule has 2 aliphatic carbocycles. The van der Waals surface area contributed by atoms with E-state index in [4.69, 9.17) is 8.92 Å². The molecule has 2 aliphatic rings. The highest BCUT2D eigenvalue weighted by molar-refractivity contribution is 7.87. The summed E-state index contributed by atoms with van der Waals surface area (Å²) in [5, 5.41) is 0. The van der Waals surface area contributed by atoms with Crippen LogP contribution in [0.25, 0.3) is 5.76 Å². The molecule has 9 heteroatoms. The lowest BCUT2D eigenvalue weighted by Crippen LogP contribution is -2.26. The fraction of sp³-hybridized carbons (Fsp3) is 0.571. The molecule has 1 saturated carbocycles. The molecule has 3 rings (SSSR count). The van der Waals surface area contributed by atoms with Crippen LogP contribution in [0.1, 0.15) is 66.9 Å². The smallest absolute Gasteiger partial charge is 0.465 e. The Morgan fingerprint density at radius 1 is 1.10 bits per heavy atom. The van der Waals surface area contributed by atoms with E-state index in [1.165, 1.54) is 25.3 Å². The number of esters is 1. The summed E-state index contributed by atoms with van der Waals surface area (Å²) >= 11 is 0. The molecule has 0 spiro atoms. The van der Waals surface area contributed by atoms with Crippen LogP contribution in [0.5, 0.6) is 0 Å². The van der Waals surface area contributed by atoms with Gasteiger partial charge in [-0.05, 0) is 67.2 Å². The lowest BCUT2D eigenvalue weighted by Gasteiger charge is -2.29. The minimum absolute atomic E-state index is 0.0223. The van der Waals surface area contributed by atoms with Crippen LogP contribution in [0.15, 0.2) is 23.8 Å². The largest absolute Gasteiger partial charge is 0.534 e. The maximum absolute atomic E-state index is 13.1. The Hall–Kier alpha value is -2.03. The molecule has 0 amide bonds. The molecule has 0 aliphatic heterocycles. The molecule has 0 N–H and O–H groups in total. The molecule has 0 aromatic heterocycles. The Kier molecular flexibility index (Phi) is 6.50. The van der Waals surface area contributed by atoms with Crippen molar-refractivity contribution in [1.82, 2.24) is 0 Å². The van der Waals surface area contributed by atoms with Gasteiger partial charge in [-0.2, -0.15) is 21.6 Å². The van der Waals surface area contributed by atoms with E-state index in [-0.39, 0.29) is 17.2 Å². The van der Waals surface area contributed by atoms with Crippen molar-refractivity contribution in [3.05, 3.63) is 40.5 Å². The number of aryl methyl sites for hydroxylation is 1. The highest BCUT2D eigenvalue weighted by Gasteiger charge is 2.49. The monoisotopic (exact) mass is 446 g/mol. The number of methoxy groups -OCH3 is 1. The number of hydrogen-bond donors (Lipinski definition) is 0. The van der Waals surface area contributed by atoms with E-state index in [2.05, 4.69) is 6.92 Å². The Labute approximate surface area is 174 Å². The summed E-state index contributed by atoms with van der Waals surface area (Å²) in [7, 11) is -4.58. The fourth-order valence-electron chi connectivity index (χ4n) is 4.28. The zero-order valence-corrected chi connectivity index (χ0v) is 17.7. The lowest BCUT2D eigenvalue weighted by atomic mass is 9.77. The van der Waals surface area contributed by atoms with Gasteiger partial charge in [-0.15, -0.1) is 0 Å². The highest BCUT2D eigenvalue weighted by Crippen LogP contribution is 2.43. The number of hydrogen-bond acceptors (Lipinski definition) is 5. The summed E-state index contributed by atoms with van der Waals surface area (Å²) < 4.78 is 72.6. The second kappa shape index (κ2) is 8.61. The predicted molar refractivity (Wildman–Crippen MR) is 105 cm³/mol. The summed E-state index contributed by atoms with van der Waals surface area (Å²) in [6.45, 7) is 2.13. The summed E-state index contributed by atoms with van der Waals surface area (Å²) in [5.74, 6) is -0.287. The number of halogens is 3. The van der Waals surface area contributed by atoms with Gasteiger partial charge in [0.05, 0.1) is 12.7 Å². The molecule has 0 unspecified atom stereocenters. The molecular formula is C21H25F3O5S. The van der Waals surface area contributed by atoms with Crippen LogP contribution < -0.4 is 0 Å². The van der Waals surface area contributed by atoms with Gasteiger partial charge in [-0.25, -0.2) is 4.79 Å². The number of ether oxygens (including phenoxy) is 1. The van der Waals surface area contributed by atoms with E-state index in [1.54, 1.807) is 0 Å². The predicted octanol–water partition coefficient (Wildman–Crippen LogP) is 5.21. The van der Waals surface area contributed by atoms with Gasteiger partial charge in [-0.1, -0.05) is 25.8 Å². The zero-order chi connectivity index (χ0) is 22.1. The first-order chi connectivity index (χ1) is 14.0. The van der Waals surface area contributed by atoms with Gasteiger partial charge >= 0.3 is 21.6 Å². The van der Waals surface area contributed by atoms with E-state index in [0.29, 0.717) is 41.9 Å². The van der Waals surface area contributed by atoms with Crippen LogP contribution >= 0.6 is 0 Å². The SMILES string of the molecule is COC(=O)c1ccc2c(c1)CCCC(C1CCC(C)CC1)=C2OS(=O)(=O)C(F)(F)F. The molecule has 0 radical (unpaired) electrons. The second-order valence-corrected chi connectivity index (χ2v) is 9.55. The van der Waals surface area contributed by atoms with Crippen LogP contribution in [-0.4, -0.2) is 27.0 Å². The van der Waals surface area contributed by atoms with Gasteiger partial charge in [-0.3, -0.25) is 0 Å². The van der Waals surface area contributed by atoms with E-state index in [1.807, 2.05) is 0 Å². The maximum atomic E-state index is 13.1. The normalized spacial score (nSPS) is 22.8. The minimum atomic E-state index is -5.82. The average Bonchev–Trinajstić information content (AvgIpc) is 2.86. The molecule has 0 atom stereocenters. The van der Waals surface area contributed by atoms with Crippen molar-refractivity contribution in [3.8, 4) is 0 Å². The standard InChI is InChI=1S/C21H25F3O5S/c1-13-6-8-14(9-7-13)17-5-3-4-15-12-16(20(25)28-2)10-11-18(15)19(17)29-30(26,27)21(22,23)24/h10-14H,3-9H2,1-2H3. The number of rotatable bonds is 4. The van der Waals surface area contributed by atoms with Crippen molar-refractivity contribution >= 4 is 21.8 Å². The van der Waals surface area contributed by atoms with E-state index >= 15 is 0 Å². The van der Waals surface area contributed by atoms with E-state index in [0.717, 1.165) is 25.7 Å². The molecule has 0 heterocycles. The minimum Gasteiger partial charge on any atom is -0.465 e. The second-order valence-electron chi connectivity index (χ2n) is 8.01. The number of benzene rings is 1. The van der Waals surface area contributed by atoms with Crippen molar-refractivity contribution in [2.24, 2.45) is 11.8 Å². The third-order valence-electron chi connectivity index (χ3n) is 5.94. The average molecular weight is 446 g/mol. The summed E-state index contributed by atoms with van der Waals surface area (Å²) in [4.78, 5) is 11.9. The van der Waals surface area contributed by atoms with Crippen molar-refractivity contribution in [2.75, 3.05) is 7.11 Å². The third kappa shape index (κ3) is 4.66. The molecule has 5 nitrogen and oxygen atoms in total.